The van der Waals surface area contributed by atoms with Crippen LogP contribution in [0.15, 0.2) is 11.1 Å². The van der Waals surface area contributed by atoms with Gasteiger partial charge in [0, 0.05) is 14.2 Å². The van der Waals surface area contributed by atoms with Gasteiger partial charge in [-0.05, 0) is 30.0 Å². The van der Waals surface area contributed by atoms with Crippen molar-refractivity contribution in [3.05, 3.63) is 28.3 Å². The summed E-state index contributed by atoms with van der Waals surface area (Å²) in [5.41, 5.74) is -0.0859. The number of methoxy groups -OCH3 is 2. The zero-order valence-electron chi connectivity index (χ0n) is 12.8. The van der Waals surface area contributed by atoms with E-state index < -0.39 is 11.9 Å². The molecule has 1 aromatic rings. The third-order valence-electron chi connectivity index (χ3n) is 3.24. The highest BCUT2D eigenvalue weighted by molar-refractivity contribution is 6.00. The molecular formula is C15H17NO7. The number of carboxylic acids is 2. The number of aromatic carboxylic acids is 2. The monoisotopic (exact) mass is 323 g/mol. The van der Waals surface area contributed by atoms with Gasteiger partial charge in [-0.2, -0.15) is 4.99 Å². The second kappa shape index (κ2) is 8.79. The number of nitrogens with zero attached hydrogens (tertiary/aromatic N) is 1. The van der Waals surface area contributed by atoms with Crippen molar-refractivity contribution in [2.75, 3.05) is 27.4 Å². The van der Waals surface area contributed by atoms with Gasteiger partial charge in [0.1, 0.15) is 0 Å². The van der Waals surface area contributed by atoms with Crippen molar-refractivity contribution in [2.45, 2.75) is 12.8 Å². The Labute approximate surface area is 132 Å². The third-order valence-corrected chi connectivity index (χ3v) is 3.24. The van der Waals surface area contributed by atoms with Crippen molar-refractivity contribution in [3.63, 3.8) is 0 Å². The fraction of sp³-hybridized carbons (Fsp3) is 0.400. The van der Waals surface area contributed by atoms with E-state index >= 15 is 0 Å². The summed E-state index contributed by atoms with van der Waals surface area (Å²) in [7, 11) is 2.87. The molecule has 0 aliphatic carbocycles. The first-order valence-electron chi connectivity index (χ1n) is 6.69. The Kier molecular flexibility index (Phi) is 7.08. The molecule has 0 fully saturated rings. The predicted octanol–water partition coefficient (Wildman–Crippen LogP) is 1.43. The summed E-state index contributed by atoms with van der Waals surface area (Å²) in [5, 5.41) is 18.9. The fourth-order valence-electron chi connectivity index (χ4n) is 2.27. The Hall–Kier alpha value is -2.54. The second-order valence-corrected chi connectivity index (χ2v) is 4.57. The van der Waals surface area contributed by atoms with E-state index in [4.69, 9.17) is 9.47 Å². The van der Waals surface area contributed by atoms with Gasteiger partial charge >= 0.3 is 11.9 Å². The number of carboxylic acid groups (broad SMARTS) is 2. The normalized spacial score (nSPS) is 10.2. The van der Waals surface area contributed by atoms with Crippen molar-refractivity contribution in [1.29, 1.82) is 0 Å². The quantitative estimate of drug-likeness (QED) is 0.520. The molecule has 2 N–H and O–H groups in total. The van der Waals surface area contributed by atoms with Gasteiger partial charge in [0.05, 0.1) is 30.0 Å². The molecule has 0 atom stereocenters. The van der Waals surface area contributed by atoms with Crippen LogP contribution in [0.1, 0.15) is 31.8 Å². The summed E-state index contributed by atoms with van der Waals surface area (Å²) < 4.78 is 9.86. The number of rotatable bonds is 9. The topological polar surface area (TPSA) is 122 Å². The second-order valence-electron chi connectivity index (χ2n) is 4.57. The van der Waals surface area contributed by atoms with E-state index in [2.05, 4.69) is 4.99 Å². The van der Waals surface area contributed by atoms with Crippen LogP contribution < -0.4 is 0 Å². The summed E-state index contributed by atoms with van der Waals surface area (Å²) in [5.74, 6) is -2.60. The molecule has 8 heteroatoms. The lowest BCUT2D eigenvalue weighted by Gasteiger charge is -2.16. The molecule has 0 bridgehead atoms. The van der Waals surface area contributed by atoms with Gasteiger partial charge in [0.2, 0.25) is 6.08 Å². The molecule has 8 nitrogen and oxygen atoms in total. The Balaban J connectivity index is 3.71. The molecule has 0 heterocycles. The standard InChI is InChI=1S/C15H17NO7/c1-22-5-3-9-11(14(18)19)7-12(16-8-17)10(4-6-23-2)13(9)15(20)21/h7H,3-6H2,1-2H3,(H,18,19)(H,20,21). The molecule has 0 amide bonds. The minimum atomic E-state index is -1.31. The first kappa shape index (κ1) is 18.5. The summed E-state index contributed by atoms with van der Waals surface area (Å²) in [6.45, 7) is 0.346. The van der Waals surface area contributed by atoms with Gasteiger partial charge in [0.15, 0.2) is 0 Å². The molecule has 23 heavy (non-hydrogen) atoms. The van der Waals surface area contributed by atoms with Crippen LogP contribution in [0.25, 0.3) is 0 Å². The smallest absolute Gasteiger partial charge is 0.336 e. The molecule has 0 spiro atoms. The molecule has 0 radical (unpaired) electrons. The van der Waals surface area contributed by atoms with E-state index in [9.17, 15) is 24.6 Å². The van der Waals surface area contributed by atoms with Crippen LogP contribution in [0.4, 0.5) is 5.69 Å². The first-order chi connectivity index (χ1) is 11.0. The van der Waals surface area contributed by atoms with Crippen LogP contribution in [0.5, 0.6) is 0 Å². The van der Waals surface area contributed by atoms with Gasteiger partial charge in [-0.15, -0.1) is 0 Å². The molecule has 0 saturated heterocycles. The third kappa shape index (κ3) is 4.46. The van der Waals surface area contributed by atoms with Crippen LogP contribution in [0.3, 0.4) is 0 Å². The molecule has 1 rings (SSSR count). The van der Waals surface area contributed by atoms with E-state index in [1.165, 1.54) is 26.4 Å². The lowest BCUT2D eigenvalue weighted by atomic mass is 9.91. The number of aliphatic imine (C=N–C) groups is 1. The maximum atomic E-state index is 11.7. The van der Waals surface area contributed by atoms with Gasteiger partial charge in [-0.1, -0.05) is 0 Å². The van der Waals surface area contributed by atoms with Crippen molar-refractivity contribution in [3.8, 4) is 0 Å². The van der Waals surface area contributed by atoms with Crippen molar-refractivity contribution in [1.82, 2.24) is 0 Å². The van der Waals surface area contributed by atoms with Crippen molar-refractivity contribution < 1.29 is 34.1 Å². The van der Waals surface area contributed by atoms with E-state index in [0.717, 1.165) is 0 Å². The highest BCUT2D eigenvalue weighted by atomic mass is 16.5. The number of carbonyl (C=O) groups excluding carboxylic acids is 1. The predicted molar refractivity (Wildman–Crippen MR) is 79.3 cm³/mol. The molecule has 0 saturated carbocycles. The van der Waals surface area contributed by atoms with Crippen molar-refractivity contribution >= 4 is 23.7 Å². The van der Waals surface area contributed by atoms with E-state index in [0.29, 0.717) is 0 Å². The van der Waals surface area contributed by atoms with E-state index in [1.54, 1.807) is 0 Å². The number of benzene rings is 1. The lowest BCUT2D eigenvalue weighted by Crippen LogP contribution is -2.16. The van der Waals surface area contributed by atoms with Crippen LogP contribution in [-0.4, -0.2) is 55.7 Å². The average molecular weight is 323 g/mol. The van der Waals surface area contributed by atoms with Crippen LogP contribution >= 0.6 is 0 Å². The highest BCUT2D eigenvalue weighted by Crippen LogP contribution is 2.31. The highest BCUT2D eigenvalue weighted by Gasteiger charge is 2.25. The van der Waals surface area contributed by atoms with Gasteiger partial charge in [-0.3, -0.25) is 0 Å². The Bertz CT molecular complexity index is 615. The first-order valence-corrected chi connectivity index (χ1v) is 6.69. The Morgan fingerprint density at radius 1 is 1.09 bits per heavy atom. The maximum Gasteiger partial charge on any atom is 0.336 e. The van der Waals surface area contributed by atoms with Crippen molar-refractivity contribution in [2.24, 2.45) is 4.99 Å². The lowest BCUT2D eigenvalue weighted by molar-refractivity contribution is 0.0693. The Morgan fingerprint density at radius 3 is 2.09 bits per heavy atom. The SMILES string of the molecule is COCCc1c(N=C=O)cc(C(=O)O)c(CCOC)c1C(=O)O. The zero-order chi connectivity index (χ0) is 17.4. The summed E-state index contributed by atoms with van der Waals surface area (Å²) in [4.78, 5) is 37.2. The number of ether oxygens (including phenoxy) is 2. The molecule has 0 aliphatic heterocycles. The molecule has 0 aromatic heterocycles. The van der Waals surface area contributed by atoms with Gasteiger partial charge in [0.25, 0.3) is 0 Å². The van der Waals surface area contributed by atoms with Crippen LogP contribution in [-0.2, 0) is 27.1 Å². The number of hydrogen-bond donors (Lipinski definition) is 2. The van der Waals surface area contributed by atoms with Gasteiger partial charge < -0.3 is 19.7 Å². The maximum absolute atomic E-state index is 11.7. The number of hydrogen-bond acceptors (Lipinski definition) is 6. The molecular weight excluding hydrogens is 306 g/mol. The molecule has 124 valence electrons. The fourth-order valence-corrected chi connectivity index (χ4v) is 2.27. The summed E-state index contributed by atoms with van der Waals surface area (Å²) >= 11 is 0. The molecule has 1 aromatic carbocycles. The molecule has 0 aliphatic rings. The summed E-state index contributed by atoms with van der Waals surface area (Å²) in [6.07, 6.45) is 1.59. The zero-order valence-corrected chi connectivity index (χ0v) is 12.8. The van der Waals surface area contributed by atoms with E-state index in [1.807, 2.05) is 0 Å². The number of carbonyl (C=O) groups is 2. The minimum absolute atomic E-state index is 0.0342. The van der Waals surface area contributed by atoms with Gasteiger partial charge in [-0.25, -0.2) is 14.4 Å². The van der Waals surface area contributed by atoms with Crippen LogP contribution in [0, 0.1) is 0 Å². The van der Waals surface area contributed by atoms with E-state index in [-0.39, 0.29) is 54.0 Å². The largest absolute Gasteiger partial charge is 0.478 e. The Morgan fingerprint density at radius 2 is 1.65 bits per heavy atom. The summed E-state index contributed by atoms with van der Waals surface area (Å²) in [6, 6.07) is 1.18. The van der Waals surface area contributed by atoms with Crippen LogP contribution in [0.2, 0.25) is 0 Å². The minimum Gasteiger partial charge on any atom is -0.478 e. The molecule has 0 unspecified atom stereocenters. The number of isocyanates is 1. The average Bonchev–Trinajstić information content (AvgIpc) is 2.50.